The van der Waals surface area contributed by atoms with E-state index in [9.17, 15) is 0 Å². The zero-order chi connectivity index (χ0) is 15.6. The maximum Gasteiger partial charge on any atom is 0.191 e. The van der Waals surface area contributed by atoms with E-state index in [1.807, 2.05) is 24.3 Å². The highest BCUT2D eigenvalue weighted by Gasteiger charge is 1.98. The van der Waals surface area contributed by atoms with Gasteiger partial charge in [-0.1, -0.05) is 12.1 Å². The smallest absolute Gasteiger partial charge is 0.191 e. The van der Waals surface area contributed by atoms with Gasteiger partial charge >= 0.3 is 0 Å². The Kier molecular flexibility index (Phi) is 6.36. The molecule has 5 nitrogen and oxygen atoms in total. The molecule has 0 aliphatic carbocycles. The number of benzene rings is 1. The summed E-state index contributed by atoms with van der Waals surface area (Å²) in [5.41, 5.74) is 1.27. The predicted octanol–water partition coefficient (Wildman–Crippen LogP) is 1.90. The van der Waals surface area contributed by atoms with Crippen molar-refractivity contribution >= 4 is 5.96 Å². The Morgan fingerprint density at radius 1 is 1.09 bits per heavy atom. The van der Waals surface area contributed by atoms with Crippen LogP contribution in [-0.2, 0) is 13.0 Å². The van der Waals surface area contributed by atoms with Crippen molar-refractivity contribution in [3.8, 4) is 5.75 Å². The minimum Gasteiger partial charge on any atom is -0.497 e. The van der Waals surface area contributed by atoms with Crippen LogP contribution in [0.4, 0.5) is 0 Å². The number of methoxy groups -OCH3 is 1. The van der Waals surface area contributed by atoms with Gasteiger partial charge in [0, 0.05) is 39.1 Å². The van der Waals surface area contributed by atoms with Gasteiger partial charge in [0.1, 0.15) is 5.75 Å². The third-order valence-corrected chi connectivity index (χ3v) is 3.42. The molecule has 0 fully saturated rings. The molecule has 0 aliphatic rings. The zero-order valence-electron chi connectivity index (χ0n) is 13.2. The highest BCUT2D eigenvalue weighted by atomic mass is 16.5. The molecular formula is C17H24N4O. The van der Waals surface area contributed by atoms with Crippen molar-refractivity contribution in [2.24, 2.45) is 4.99 Å². The molecule has 0 atom stereocenters. The lowest BCUT2D eigenvalue weighted by Gasteiger charge is -2.12. The second-order valence-electron chi connectivity index (χ2n) is 4.94. The molecule has 2 N–H and O–H groups in total. The summed E-state index contributed by atoms with van der Waals surface area (Å²) in [6.45, 7) is 2.61. The van der Waals surface area contributed by atoms with Crippen LogP contribution in [0.1, 0.15) is 5.56 Å². The summed E-state index contributed by atoms with van der Waals surface area (Å²) in [7, 11) is 3.47. The van der Waals surface area contributed by atoms with Crippen molar-refractivity contribution in [3.05, 3.63) is 54.4 Å². The van der Waals surface area contributed by atoms with Gasteiger partial charge in [-0.25, -0.2) is 0 Å². The van der Waals surface area contributed by atoms with Gasteiger partial charge in [-0.2, -0.15) is 0 Å². The van der Waals surface area contributed by atoms with Crippen LogP contribution < -0.4 is 15.4 Å². The molecule has 1 aromatic carbocycles. The lowest BCUT2D eigenvalue weighted by atomic mass is 10.1. The van der Waals surface area contributed by atoms with E-state index in [0.717, 1.165) is 37.8 Å². The summed E-state index contributed by atoms with van der Waals surface area (Å²) in [6.07, 6.45) is 5.06. The topological polar surface area (TPSA) is 50.6 Å². The second kappa shape index (κ2) is 8.77. The van der Waals surface area contributed by atoms with E-state index in [1.165, 1.54) is 5.56 Å². The van der Waals surface area contributed by atoms with Gasteiger partial charge in [-0.05, 0) is 36.2 Å². The molecular weight excluding hydrogens is 276 g/mol. The van der Waals surface area contributed by atoms with Crippen molar-refractivity contribution < 1.29 is 4.74 Å². The molecule has 0 saturated heterocycles. The number of guanidine groups is 1. The number of hydrogen-bond acceptors (Lipinski definition) is 2. The molecule has 118 valence electrons. The minimum absolute atomic E-state index is 0.834. The van der Waals surface area contributed by atoms with Crippen molar-refractivity contribution in [3.63, 3.8) is 0 Å². The van der Waals surface area contributed by atoms with Crippen molar-refractivity contribution in [2.45, 2.75) is 13.0 Å². The molecule has 0 radical (unpaired) electrons. The first-order valence-corrected chi connectivity index (χ1v) is 7.50. The molecule has 0 aliphatic heterocycles. The van der Waals surface area contributed by atoms with Crippen LogP contribution in [0.3, 0.4) is 0 Å². The monoisotopic (exact) mass is 300 g/mol. The summed E-state index contributed by atoms with van der Waals surface area (Å²) < 4.78 is 7.29. The third-order valence-electron chi connectivity index (χ3n) is 3.42. The first-order chi connectivity index (χ1) is 10.8. The Morgan fingerprint density at radius 2 is 1.77 bits per heavy atom. The van der Waals surface area contributed by atoms with Crippen LogP contribution in [0.15, 0.2) is 53.8 Å². The van der Waals surface area contributed by atoms with E-state index in [4.69, 9.17) is 4.74 Å². The molecule has 0 spiro atoms. The lowest BCUT2D eigenvalue weighted by molar-refractivity contribution is 0.414. The maximum absolute atomic E-state index is 5.16. The number of nitrogens with zero attached hydrogens (tertiary/aromatic N) is 2. The molecule has 5 heteroatoms. The number of nitrogens with one attached hydrogen (secondary N) is 2. The number of aromatic nitrogens is 1. The SMILES string of the molecule is CN=C(NCCc1ccc(OC)cc1)NCCn1cccc1. The first kappa shape index (κ1) is 15.9. The second-order valence-corrected chi connectivity index (χ2v) is 4.94. The Balaban J connectivity index is 1.67. The first-order valence-electron chi connectivity index (χ1n) is 7.50. The van der Waals surface area contributed by atoms with E-state index in [1.54, 1.807) is 14.2 Å². The van der Waals surface area contributed by atoms with Crippen LogP contribution in [0, 0.1) is 0 Å². The Morgan fingerprint density at radius 3 is 2.41 bits per heavy atom. The summed E-state index contributed by atoms with van der Waals surface area (Å²) in [6, 6.07) is 12.2. The lowest BCUT2D eigenvalue weighted by Crippen LogP contribution is -2.39. The van der Waals surface area contributed by atoms with Crippen molar-refractivity contribution in [2.75, 3.05) is 27.2 Å². The van der Waals surface area contributed by atoms with Crippen molar-refractivity contribution in [1.82, 2.24) is 15.2 Å². The normalized spacial score (nSPS) is 11.3. The van der Waals surface area contributed by atoms with Crippen molar-refractivity contribution in [1.29, 1.82) is 0 Å². The standard InChI is InChI=1S/C17H24N4O/c1-18-17(20-11-14-21-12-3-4-13-21)19-10-9-15-5-7-16(22-2)8-6-15/h3-8,12-13H,9-11,14H2,1-2H3,(H2,18,19,20). The summed E-state index contributed by atoms with van der Waals surface area (Å²) >= 11 is 0. The average Bonchev–Trinajstić information content (AvgIpc) is 3.07. The maximum atomic E-state index is 5.16. The predicted molar refractivity (Wildman–Crippen MR) is 90.5 cm³/mol. The van der Waals surface area contributed by atoms with Gasteiger partial charge in [0.2, 0.25) is 0 Å². The highest BCUT2D eigenvalue weighted by molar-refractivity contribution is 5.79. The quantitative estimate of drug-likeness (QED) is 0.606. The molecule has 22 heavy (non-hydrogen) atoms. The van der Waals surface area contributed by atoms with Gasteiger partial charge in [-0.3, -0.25) is 4.99 Å². The molecule has 1 aromatic heterocycles. The number of hydrogen-bond donors (Lipinski definition) is 2. The fourth-order valence-electron chi connectivity index (χ4n) is 2.16. The third kappa shape index (κ3) is 5.16. The Hall–Kier alpha value is -2.43. The van der Waals surface area contributed by atoms with E-state index in [0.29, 0.717) is 0 Å². The molecule has 0 saturated carbocycles. The molecule has 1 heterocycles. The molecule has 2 aromatic rings. The van der Waals surface area contributed by atoms with Crippen LogP contribution in [0.2, 0.25) is 0 Å². The largest absolute Gasteiger partial charge is 0.497 e. The van der Waals surface area contributed by atoms with E-state index >= 15 is 0 Å². The van der Waals surface area contributed by atoms with E-state index < -0.39 is 0 Å². The number of aliphatic imine (C=N–C) groups is 1. The summed E-state index contributed by atoms with van der Waals surface area (Å²) in [5.74, 6) is 1.72. The minimum atomic E-state index is 0.834. The molecule has 0 amide bonds. The van der Waals surface area contributed by atoms with Gasteiger partial charge in [0.05, 0.1) is 7.11 Å². The highest BCUT2D eigenvalue weighted by Crippen LogP contribution is 2.11. The average molecular weight is 300 g/mol. The Labute approximate surface area is 132 Å². The van der Waals surface area contributed by atoms with Crippen LogP contribution in [0.25, 0.3) is 0 Å². The van der Waals surface area contributed by atoms with Gasteiger partial charge in [-0.15, -0.1) is 0 Å². The van der Waals surface area contributed by atoms with Gasteiger partial charge < -0.3 is 19.9 Å². The van der Waals surface area contributed by atoms with Crippen LogP contribution in [-0.4, -0.2) is 37.8 Å². The zero-order valence-corrected chi connectivity index (χ0v) is 13.2. The van der Waals surface area contributed by atoms with Crippen LogP contribution >= 0.6 is 0 Å². The van der Waals surface area contributed by atoms with E-state index in [2.05, 4.69) is 44.7 Å². The fraction of sp³-hybridized carbons (Fsp3) is 0.353. The Bertz CT molecular complexity index is 561. The van der Waals surface area contributed by atoms with E-state index in [-0.39, 0.29) is 0 Å². The molecule has 0 bridgehead atoms. The van der Waals surface area contributed by atoms with Gasteiger partial charge in [0.15, 0.2) is 5.96 Å². The van der Waals surface area contributed by atoms with Gasteiger partial charge in [0.25, 0.3) is 0 Å². The number of rotatable bonds is 7. The number of ether oxygens (including phenoxy) is 1. The summed E-state index contributed by atoms with van der Waals surface area (Å²) in [5, 5.41) is 6.64. The van der Waals surface area contributed by atoms with Crippen LogP contribution in [0.5, 0.6) is 5.75 Å². The fourth-order valence-corrected chi connectivity index (χ4v) is 2.16. The molecule has 0 unspecified atom stereocenters. The molecule has 2 rings (SSSR count). The summed E-state index contributed by atoms with van der Waals surface area (Å²) in [4.78, 5) is 4.23.